The van der Waals surface area contributed by atoms with Crippen molar-refractivity contribution >= 4 is 28.7 Å². The maximum absolute atomic E-state index is 13.9. The smallest absolute Gasteiger partial charge is 0.410 e. The predicted molar refractivity (Wildman–Crippen MR) is 153 cm³/mol. The second-order valence-electron chi connectivity index (χ2n) is 11.4. The maximum Gasteiger partial charge on any atom is 0.410 e. The molecule has 39 heavy (non-hydrogen) atoms. The van der Waals surface area contributed by atoms with E-state index in [0.717, 1.165) is 21.9 Å². The van der Waals surface area contributed by atoms with Crippen LogP contribution >= 0.6 is 0 Å². The summed E-state index contributed by atoms with van der Waals surface area (Å²) in [6, 6.07) is 22.6. The van der Waals surface area contributed by atoms with Crippen LogP contribution in [0, 0.1) is 0 Å². The van der Waals surface area contributed by atoms with Gasteiger partial charge in [-0.3, -0.25) is 14.5 Å². The third-order valence-electron chi connectivity index (χ3n) is 7.15. The van der Waals surface area contributed by atoms with Crippen LogP contribution in [-0.2, 0) is 27.3 Å². The summed E-state index contributed by atoms with van der Waals surface area (Å²) in [4.78, 5) is 45.4. The number of likely N-dealkylation sites (N-methyl/N-ethyl adjacent to an activating group) is 2. The van der Waals surface area contributed by atoms with Crippen molar-refractivity contribution in [2.45, 2.75) is 64.3 Å². The topological polar surface area (TPSA) is 70.2 Å². The van der Waals surface area contributed by atoms with E-state index in [2.05, 4.69) is 12.1 Å². The standard InChI is InChI=1S/C32H39N3O4/c1-32(2,3)39-31(38)35-19-11-16-27(35)30(37)34(5)28(29(36)33(4)22-23-12-7-6-8-13-23)21-24-17-18-25-14-9-10-15-26(25)20-24/h6-10,12-15,17-18,20,27-28H,11,16,19,21-22H2,1-5H3/t27-,28+/m1/s1. The van der Waals surface area contributed by atoms with E-state index < -0.39 is 23.8 Å². The van der Waals surface area contributed by atoms with Gasteiger partial charge in [-0.1, -0.05) is 72.8 Å². The highest BCUT2D eigenvalue weighted by atomic mass is 16.6. The Morgan fingerprint density at radius 2 is 1.59 bits per heavy atom. The lowest BCUT2D eigenvalue weighted by molar-refractivity contribution is -0.146. The lowest BCUT2D eigenvalue weighted by Crippen LogP contribution is -2.55. The third kappa shape index (κ3) is 6.96. The first kappa shape index (κ1) is 28.1. The Hall–Kier alpha value is -3.87. The van der Waals surface area contributed by atoms with Crippen molar-refractivity contribution in [3.63, 3.8) is 0 Å². The Morgan fingerprint density at radius 1 is 0.923 bits per heavy atom. The number of carbonyl (C=O) groups excluding carboxylic acids is 3. The SMILES string of the molecule is CN(Cc1ccccc1)C(=O)[C@H](Cc1ccc2ccccc2c1)N(C)C(=O)[C@H]1CCCN1C(=O)OC(C)(C)C. The van der Waals surface area contributed by atoms with E-state index in [1.54, 1.807) is 19.0 Å². The summed E-state index contributed by atoms with van der Waals surface area (Å²) < 4.78 is 5.57. The minimum Gasteiger partial charge on any atom is -0.444 e. The van der Waals surface area contributed by atoms with Gasteiger partial charge in [-0.15, -0.1) is 0 Å². The van der Waals surface area contributed by atoms with Crippen molar-refractivity contribution in [3.05, 3.63) is 83.9 Å². The van der Waals surface area contributed by atoms with Gasteiger partial charge in [0.1, 0.15) is 17.7 Å². The van der Waals surface area contributed by atoms with Crippen LogP contribution in [0.1, 0.15) is 44.7 Å². The number of fused-ring (bicyclic) bond motifs is 1. The van der Waals surface area contributed by atoms with E-state index in [9.17, 15) is 14.4 Å². The van der Waals surface area contributed by atoms with E-state index in [0.29, 0.717) is 32.4 Å². The van der Waals surface area contributed by atoms with E-state index in [4.69, 9.17) is 4.74 Å². The molecule has 3 aromatic carbocycles. The summed E-state index contributed by atoms with van der Waals surface area (Å²) in [6.45, 7) is 6.32. The fourth-order valence-electron chi connectivity index (χ4n) is 5.12. The molecule has 2 atom stereocenters. The molecule has 1 aliphatic rings. The molecule has 7 nitrogen and oxygen atoms in total. The Kier molecular flexibility index (Phi) is 8.58. The number of likely N-dealkylation sites (tertiary alicyclic amines) is 1. The lowest BCUT2D eigenvalue weighted by Gasteiger charge is -2.35. The molecule has 0 spiro atoms. The molecule has 0 radical (unpaired) electrons. The van der Waals surface area contributed by atoms with Crippen LogP contribution in [0.25, 0.3) is 10.8 Å². The highest BCUT2D eigenvalue weighted by molar-refractivity contribution is 5.92. The molecule has 1 aliphatic heterocycles. The van der Waals surface area contributed by atoms with Crippen molar-refractivity contribution in [1.29, 1.82) is 0 Å². The molecule has 4 rings (SSSR count). The lowest BCUT2D eigenvalue weighted by atomic mass is 9.99. The summed E-state index contributed by atoms with van der Waals surface area (Å²) in [5.74, 6) is -0.393. The van der Waals surface area contributed by atoms with Crippen LogP contribution in [0.3, 0.4) is 0 Å². The number of rotatable bonds is 7. The summed E-state index contributed by atoms with van der Waals surface area (Å²) >= 11 is 0. The zero-order chi connectivity index (χ0) is 28.2. The summed E-state index contributed by atoms with van der Waals surface area (Å²) in [6.07, 6.45) is 1.12. The van der Waals surface area contributed by atoms with Crippen LogP contribution in [0.2, 0.25) is 0 Å². The number of nitrogens with zero attached hydrogens (tertiary/aromatic N) is 3. The minimum atomic E-state index is -0.728. The Labute approximate surface area is 231 Å². The first-order chi connectivity index (χ1) is 18.5. The average molecular weight is 530 g/mol. The number of amides is 3. The van der Waals surface area contributed by atoms with E-state index >= 15 is 0 Å². The van der Waals surface area contributed by atoms with Crippen LogP contribution in [0.4, 0.5) is 4.79 Å². The maximum atomic E-state index is 13.9. The van der Waals surface area contributed by atoms with Gasteiger partial charge in [0.25, 0.3) is 0 Å². The van der Waals surface area contributed by atoms with Crippen molar-refractivity contribution in [1.82, 2.24) is 14.7 Å². The zero-order valence-corrected chi connectivity index (χ0v) is 23.6. The fourth-order valence-corrected chi connectivity index (χ4v) is 5.12. The average Bonchev–Trinajstić information content (AvgIpc) is 3.40. The number of hydrogen-bond acceptors (Lipinski definition) is 4. The molecule has 1 heterocycles. The molecule has 1 fully saturated rings. The molecular weight excluding hydrogens is 490 g/mol. The predicted octanol–water partition coefficient (Wildman–Crippen LogP) is 5.27. The Bertz CT molecular complexity index is 1320. The number of benzene rings is 3. The molecule has 1 saturated heterocycles. The monoisotopic (exact) mass is 529 g/mol. The number of hydrogen-bond donors (Lipinski definition) is 0. The van der Waals surface area contributed by atoms with Gasteiger partial charge >= 0.3 is 6.09 Å². The second-order valence-corrected chi connectivity index (χ2v) is 11.4. The highest BCUT2D eigenvalue weighted by Crippen LogP contribution is 2.25. The zero-order valence-electron chi connectivity index (χ0n) is 23.6. The fraction of sp³-hybridized carbons (Fsp3) is 0.406. The molecule has 7 heteroatoms. The molecule has 3 amide bonds. The number of ether oxygens (including phenoxy) is 1. The Morgan fingerprint density at radius 3 is 2.28 bits per heavy atom. The van der Waals surface area contributed by atoms with Crippen LogP contribution in [0.5, 0.6) is 0 Å². The van der Waals surface area contributed by atoms with Gasteiger partial charge < -0.3 is 14.5 Å². The molecule has 0 aliphatic carbocycles. The van der Waals surface area contributed by atoms with Gasteiger partial charge in [-0.05, 0) is 55.5 Å². The van der Waals surface area contributed by atoms with Crippen molar-refractivity contribution < 1.29 is 19.1 Å². The van der Waals surface area contributed by atoms with Gasteiger partial charge in [0.05, 0.1) is 0 Å². The summed E-state index contributed by atoms with van der Waals surface area (Å²) in [5, 5.41) is 2.20. The first-order valence-corrected chi connectivity index (χ1v) is 13.6. The highest BCUT2D eigenvalue weighted by Gasteiger charge is 2.41. The third-order valence-corrected chi connectivity index (χ3v) is 7.15. The summed E-state index contributed by atoms with van der Waals surface area (Å²) in [7, 11) is 3.44. The van der Waals surface area contributed by atoms with Gasteiger partial charge in [-0.2, -0.15) is 0 Å². The van der Waals surface area contributed by atoms with Crippen molar-refractivity contribution in [2.75, 3.05) is 20.6 Å². The van der Waals surface area contributed by atoms with Gasteiger partial charge in [-0.25, -0.2) is 4.79 Å². The van der Waals surface area contributed by atoms with Crippen LogP contribution in [0.15, 0.2) is 72.8 Å². The molecule has 0 N–H and O–H groups in total. The van der Waals surface area contributed by atoms with Gasteiger partial charge in [0, 0.05) is 33.6 Å². The van der Waals surface area contributed by atoms with Crippen molar-refractivity contribution in [3.8, 4) is 0 Å². The molecule has 3 aromatic rings. The largest absolute Gasteiger partial charge is 0.444 e. The van der Waals surface area contributed by atoms with Gasteiger partial charge in [0.15, 0.2) is 0 Å². The molecular formula is C32H39N3O4. The quantitative estimate of drug-likeness (QED) is 0.418. The molecule has 0 aromatic heterocycles. The van der Waals surface area contributed by atoms with Crippen molar-refractivity contribution in [2.24, 2.45) is 0 Å². The van der Waals surface area contributed by atoms with Crippen LogP contribution in [-0.4, -0.2) is 70.9 Å². The van der Waals surface area contributed by atoms with Crippen LogP contribution < -0.4 is 0 Å². The normalized spacial score (nSPS) is 16.1. The molecule has 0 bridgehead atoms. The molecule has 0 saturated carbocycles. The van der Waals surface area contributed by atoms with E-state index in [1.807, 2.05) is 81.4 Å². The number of carbonyl (C=O) groups is 3. The molecule has 206 valence electrons. The van der Waals surface area contributed by atoms with Gasteiger partial charge in [0.2, 0.25) is 11.8 Å². The van der Waals surface area contributed by atoms with E-state index in [-0.39, 0.29) is 11.8 Å². The first-order valence-electron chi connectivity index (χ1n) is 13.6. The second kappa shape index (κ2) is 11.9. The molecule has 0 unspecified atom stereocenters. The Balaban J connectivity index is 1.59. The van der Waals surface area contributed by atoms with E-state index in [1.165, 1.54) is 9.80 Å². The summed E-state index contributed by atoms with van der Waals surface area (Å²) in [5.41, 5.74) is 1.32. The minimum absolute atomic E-state index is 0.148.